The number of hydrogen-bond acceptors (Lipinski definition) is 2. The van der Waals surface area contributed by atoms with Crippen LogP contribution in [-0.4, -0.2) is 23.3 Å². The van der Waals surface area contributed by atoms with E-state index in [9.17, 15) is 5.11 Å². The van der Waals surface area contributed by atoms with E-state index < -0.39 is 0 Å². The number of benzene rings is 1. The Hall–Kier alpha value is -0.860. The fraction of sp³-hybridized carbons (Fsp3) is 0.600. The second-order valence-electron chi connectivity index (χ2n) is 5.22. The Labute approximate surface area is 104 Å². The zero-order valence-electron chi connectivity index (χ0n) is 10.6. The molecule has 1 aromatic rings. The van der Waals surface area contributed by atoms with Gasteiger partial charge in [0.2, 0.25) is 0 Å². The molecule has 3 unspecified atom stereocenters. The Balaban J connectivity index is 1.82. The van der Waals surface area contributed by atoms with Crippen molar-refractivity contribution in [2.45, 2.75) is 57.2 Å². The lowest BCUT2D eigenvalue weighted by atomic mass is 9.91. The van der Waals surface area contributed by atoms with Gasteiger partial charge in [0.25, 0.3) is 0 Å². The van der Waals surface area contributed by atoms with Gasteiger partial charge in [-0.1, -0.05) is 43.2 Å². The molecule has 2 N–H and O–H groups in total. The highest BCUT2D eigenvalue weighted by Gasteiger charge is 2.23. The highest BCUT2D eigenvalue weighted by molar-refractivity contribution is 5.15. The van der Waals surface area contributed by atoms with Crippen LogP contribution in [0, 0.1) is 0 Å². The third kappa shape index (κ3) is 3.83. The van der Waals surface area contributed by atoms with Gasteiger partial charge >= 0.3 is 0 Å². The summed E-state index contributed by atoms with van der Waals surface area (Å²) in [5.74, 6) is 0. The van der Waals surface area contributed by atoms with Crippen LogP contribution in [0.4, 0.5) is 0 Å². The zero-order valence-corrected chi connectivity index (χ0v) is 10.6. The van der Waals surface area contributed by atoms with Crippen LogP contribution >= 0.6 is 0 Å². The molecule has 1 saturated carbocycles. The van der Waals surface area contributed by atoms with Gasteiger partial charge in [0.05, 0.1) is 6.10 Å². The molecule has 94 valence electrons. The van der Waals surface area contributed by atoms with E-state index in [2.05, 4.69) is 36.5 Å². The first-order chi connectivity index (χ1) is 8.25. The van der Waals surface area contributed by atoms with Gasteiger partial charge in [-0.2, -0.15) is 0 Å². The summed E-state index contributed by atoms with van der Waals surface area (Å²) < 4.78 is 0. The summed E-state index contributed by atoms with van der Waals surface area (Å²) in [4.78, 5) is 0. The van der Waals surface area contributed by atoms with E-state index in [0.29, 0.717) is 12.1 Å². The molecule has 0 amide bonds. The largest absolute Gasteiger partial charge is 0.392 e. The van der Waals surface area contributed by atoms with Crippen LogP contribution in [0.1, 0.15) is 38.2 Å². The van der Waals surface area contributed by atoms with Crippen LogP contribution in [0.25, 0.3) is 0 Å². The van der Waals surface area contributed by atoms with Crippen LogP contribution in [0.5, 0.6) is 0 Å². The van der Waals surface area contributed by atoms with E-state index in [1.807, 2.05) is 6.07 Å². The average Bonchev–Trinajstić information content (AvgIpc) is 2.33. The van der Waals surface area contributed by atoms with Crippen molar-refractivity contribution in [3.05, 3.63) is 35.9 Å². The first kappa shape index (κ1) is 12.6. The molecule has 0 aromatic heterocycles. The molecular formula is C15H23NO. The van der Waals surface area contributed by atoms with E-state index in [1.54, 1.807) is 0 Å². The van der Waals surface area contributed by atoms with Crippen LogP contribution in [0.3, 0.4) is 0 Å². The normalized spacial score (nSPS) is 26.7. The minimum absolute atomic E-state index is 0.151. The Bertz CT molecular complexity index is 325. The molecular weight excluding hydrogens is 210 g/mol. The van der Waals surface area contributed by atoms with Gasteiger partial charge in [0, 0.05) is 12.1 Å². The van der Waals surface area contributed by atoms with E-state index in [0.717, 1.165) is 19.3 Å². The molecule has 1 fully saturated rings. The Morgan fingerprint density at radius 3 is 2.65 bits per heavy atom. The topological polar surface area (TPSA) is 32.3 Å². The highest BCUT2D eigenvalue weighted by Crippen LogP contribution is 2.19. The van der Waals surface area contributed by atoms with Crippen LogP contribution in [0.15, 0.2) is 30.3 Å². The summed E-state index contributed by atoms with van der Waals surface area (Å²) >= 11 is 0. The average molecular weight is 233 g/mol. The van der Waals surface area contributed by atoms with Gasteiger partial charge in [-0.25, -0.2) is 0 Å². The lowest BCUT2D eigenvalue weighted by Crippen LogP contribution is -2.46. The van der Waals surface area contributed by atoms with Crippen LogP contribution < -0.4 is 5.32 Å². The lowest BCUT2D eigenvalue weighted by Gasteiger charge is -2.31. The minimum Gasteiger partial charge on any atom is -0.392 e. The van der Waals surface area contributed by atoms with E-state index in [1.165, 1.54) is 18.4 Å². The SMILES string of the molecule is CC(Cc1ccccc1)NC1CCCCC1O. The van der Waals surface area contributed by atoms with Crippen molar-refractivity contribution in [2.75, 3.05) is 0 Å². The molecule has 1 aromatic carbocycles. The van der Waals surface area contributed by atoms with Crippen molar-refractivity contribution >= 4 is 0 Å². The van der Waals surface area contributed by atoms with Gasteiger partial charge < -0.3 is 10.4 Å². The van der Waals surface area contributed by atoms with Crippen molar-refractivity contribution in [2.24, 2.45) is 0 Å². The molecule has 0 saturated heterocycles. The molecule has 17 heavy (non-hydrogen) atoms. The minimum atomic E-state index is -0.151. The molecule has 2 heteroatoms. The standard InChI is InChI=1S/C15H23NO/c1-12(11-13-7-3-2-4-8-13)16-14-9-5-6-10-15(14)17/h2-4,7-8,12,14-17H,5-6,9-11H2,1H3. The van der Waals surface area contributed by atoms with Crippen molar-refractivity contribution in [3.63, 3.8) is 0 Å². The number of nitrogens with one attached hydrogen (secondary N) is 1. The predicted octanol–water partition coefficient (Wildman–Crippen LogP) is 2.51. The first-order valence-corrected chi connectivity index (χ1v) is 6.74. The van der Waals surface area contributed by atoms with Gasteiger partial charge in [0.1, 0.15) is 0 Å². The maximum Gasteiger partial charge on any atom is 0.0693 e. The highest BCUT2D eigenvalue weighted by atomic mass is 16.3. The monoisotopic (exact) mass is 233 g/mol. The number of hydrogen-bond donors (Lipinski definition) is 2. The van der Waals surface area contributed by atoms with Crippen LogP contribution in [-0.2, 0) is 6.42 Å². The predicted molar refractivity (Wildman–Crippen MR) is 71.0 cm³/mol. The van der Waals surface area contributed by atoms with E-state index in [-0.39, 0.29) is 6.10 Å². The van der Waals surface area contributed by atoms with Crippen LogP contribution in [0.2, 0.25) is 0 Å². The molecule has 2 rings (SSSR count). The fourth-order valence-electron chi connectivity index (χ4n) is 2.70. The Kier molecular flexibility index (Phi) is 4.57. The van der Waals surface area contributed by atoms with Crippen molar-refractivity contribution in [1.29, 1.82) is 0 Å². The van der Waals surface area contributed by atoms with Gasteiger partial charge in [-0.15, -0.1) is 0 Å². The Morgan fingerprint density at radius 1 is 1.24 bits per heavy atom. The molecule has 3 atom stereocenters. The Morgan fingerprint density at radius 2 is 1.94 bits per heavy atom. The smallest absolute Gasteiger partial charge is 0.0693 e. The second kappa shape index (κ2) is 6.18. The molecule has 1 aliphatic carbocycles. The summed E-state index contributed by atoms with van der Waals surface area (Å²) in [5.41, 5.74) is 1.36. The quantitative estimate of drug-likeness (QED) is 0.837. The summed E-state index contributed by atoms with van der Waals surface area (Å²) in [7, 11) is 0. The van der Waals surface area contributed by atoms with Gasteiger partial charge in [0.15, 0.2) is 0 Å². The van der Waals surface area contributed by atoms with E-state index in [4.69, 9.17) is 0 Å². The zero-order chi connectivity index (χ0) is 12.1. The summed E-state index contributed by atoms with van der Waals surface area (Å²) in [5, 5.41) is 13.5. The van der Waals surface area contributed by atoms with Gasteiger partial charge in [-0.05, 0) is 31.7 Å². The molecule has 0 radical (unpaired) electrons. The maximum atomic E-state index is 9.92. The van der Waals surface area contributed by atoms with Crippen molar-refractivity contribution < 1.29 is 5.11 Å². The van der Waals surface area contributed by atoms with Gasteiger partial charge in [-0.3, -0.25) is 0 Å². The van der Waals surface area contributed by atoms with E-state index >= 15 is 0 Å². The summed E-state index contributed by atoms with van der Waals surface area (Å²) in [6, 6.07) is 11.3. The fourth-order valence-corrected chi connectivity index (χ4v) is 2.70. The molecule has 0 spiro atoms. The molecule has 0 bridgehead atoms. The lowest BCUT2D eigenvalue weighted by molar-refractivity contribution is 0.0859. The maximum absolute atomic E-state index is 9.92. The molecule has 1 aliphatic rings. The molecule has 0 aliphatic heterocycles. The molecule has 2 nitrogen and oxygen atoms in total. The summed E-state index contributed by atoms with van der Waals surface area (Å²) in [6.07, 6.45) is 5.36. The van der Waals surface area contributed by atoms with Crippen molar-refractivity contribution in [1.82, 2.24) is 5.32 Å². The second-order valence-corrected chi connectivity index (χ2v) is 5.22. The third-order valence-corrected chi connectivity index (χ3v) is 3.61. The van der Waals surface area contributed by atoms with Crippen molar-refractivity contribution in [3.8, 4) is 0 Å². The molecule has 0 heterocycles. The third-order valence-electron chi connectivity index (χ3n) is 3.61. The first-order valence-electron chi connectivity index (χ1n) is 6.74. The summed E-state index contributed by atoms with van der Waals surface area (Å²) in [6.45, 7) is 2.20. The number of rotatable bonds is 4. The number of aliphatic hydroxyl groups is 1. The number of aliphatic hydroxyl groups excluding tert-OH is 1.